The average molecular weight is 326 g/mol. The molecule has 2 N–H and O–H groups in total. The number of hydrogen-bond donors (Lipinski definition) is 2. The van der Waals surface area contributed by atoms with Crippen LogP contribution in [0.3, 0.4) is 0 Å². The first-order chi connectivity index (χ1) is 11.3. The molecule has 1 aromatic heterocycles. The van der Waals surface area contributed by atoms with E-state index in [4.69, 9.17) is 0 Å². The molecule has 0 bridgehead atoms. The number of carbonyl (C=O) groups is 1. The van der Waals surface area contributed by atoms with Gasteiger partial charge in [0.25, 0.3) is 5.91 Å². The van der Waals surface area contributed by atoms with Gasteiger partial charge in [-0.2, -0.15) is 0 Å². The number of amides is 1. The lowest BCUT2D eigenvalue weighted by Crippen LogP contribution is -2.34. The summed E-state index contributed by atoms with van der Waals surface area (Å²) in [5.74, 6) is -0.0679. The molecule has 0 aliphatic rings. The third kappa shape index (κ3) is 6.13. The van der Waals surface area contributed by atoms with Crippen LogP contribution >= 0.6 is 0 Å². The van der Waals surface area contributed by atoms with E-state index in [0.29, 0.717) is 12.0 Å². The van der Waals surface area contributed by atoms with Gasteiger partial charge in [0.1, 0.15) is 0 Å². The highest BCUT2D eigenvalue weighted by molar-refractivity contribution is 5.94. The molecular weight excluding hydrogens is 300 g/mol. The SMILES string of the molecule is C[C@H](Cc1ccncc1)NC(=O)c1cccc(CCC(C)(C)O)c1. The summed E-state index contributed by atoms with van der Waals surface area (Å²) in [7, 11) is 0. The molecule has 24 heavy (non-hydrogen) atoms. The lowest BCUT2D eigenvalue weighted by Gasteiger charge is -2.17. The summed E-state index contributed by atoms with van der Waals surface area (Å²) >= 11 is 0. The molecule has 0 saturated carbocycles. The van der Waals surface area contributed by atoms with E-state index < -0.39 is 5.60 Å². The number of pyridine rings is 1. The van der Waals surface area contributed by atoms with Gasteiger partial charge in [-0.25, -0.2) is 0 Å². The summed E-state index contributed by atoms with van der Waals surface area (Å²) < 4.78 is 0. The maximum Gasteiger partial charge on any atom is 0.251 e. The van der Waals surface area contributed by atoms with Crippen molar-refractivity contribution in [3.05, 3.63) is 65.5 Å². The Bertz CT molecular complexity index is 663. The van der Waals surface area contributed by atoms with Crippen LogP contribution in [0.4, 0.5) is 0 Å². The summed E-state index contributed by atoms with van der Waals surface area (Å²) in [4.78, 5) is 16.4. The normalized spacial score (nSPS) is 12.7. The summed E-state index contributed by atoms with van der Waals surface area (Å²) in [6.45, 7) is 5.59. The van der Waals surface area contributed by atoms with Crippen LogP contribution in [0.2, 0.25) is 0 Å². The Balaban J connectivity index is 1.94. The van der Waals surface area contributed by atoms with E-state index in [9.17, 15) is 9.90 Å². The van der Waals surface area contributed by atoms with Gasteiger partial charge in [-0.1, -0.05) is 12.1 Å². The van der Waals surface area contributed by atoms with Gasteiger partial charge in [-0.15, -0.1) is 0 Å². The zero-order chi connectivity index (χ0) is 17.6. The molecule has 0 aliphatic heterocycles. The average Bonchev–Trinajstić information content (AvgIpc) is 2.53. The van der Waals surface area contributed by atoms with Gasteiger partial charge in [0.2, 0.25) is 0 Å². The van der Waals surface area contributed by atoms with Crippen molar-refractivity contribution in [1.82, 2.24) is 10.3 Å². The predicted molar refractivity (Wildman–Crippen MR) is 95.9 cm³/mol. The second-order valence-electron chi connectivity index (χ2n) is 6.95. The maximum absolute atomic E-state index is 12.4. The molecule has 4 heteroatoms. The second-order valence-corrected chi connectivity index (χ2v) is 6.95. The fraction of sp³-hybridized carbons (Fsp3) is 0.400. The lowest BCUT2D eigenvalue weighted by molar-refractivity contribution is 0.0714. The quantitative estimate of drug-likeness (QED) is 0.821. The number of nitrogens with one attached hydrogen (secondary N) is 1. The highest BCUT2D eigenvalue weighted by Gasteiger charge is 2.14. The molecular formula is C20H26N2O2. The maximum atomic E-state index is 12.4. The molecule has 0 spiro atoms. The zero-order valence-electron chi connectivity index (χ0n) is 14.6. The monoisotopic (exact) mass is 326 g/mol. The van der Waals surface area contributed by atoms with E-state index in [1.165, 1.54) is 0 Å². The molecule has 0 saturated heterocycles. The highest BCUT2D eigenvalue weighted by Crippen LogP contribution is 2.14. The van der Waals surface area contributed by atoms with Gasteiger partial charge in [-0.05, 0) is 75.4 Å². The predicted octanol–water partition coefficient (Wildman–Crippen LogP) is 3.15. The van der Waals surface area contributed by atoms with Crippen molar-refractivity contribution in [2.45, 2.75) is 51.7 Å². The number of aryl methyl sites for hydroxylation is 1. The molecule has 0 radical (unpaired) electrons. The minimum absolute atomic E-state index is 0.0416. The Morgan fingerprint density at radius 3 is 2.58 bits per heavy atom. The number of aliphatic hydroxyl groups is 1. The van der Waals surface area contributed by atoms with Crippen molar-refractivity contribution in [3.63, 3.8) is 0 Å². The topological polar surface area (TPSA) is 62.2 Å². The number of nitrogens with zero attached hydrogens (tertiary/aromatic N) is 1. The Morgan fingerprint density at radius 1 is 1.21 bits per heavy atom. The molecule has 0 unspecified atom stereocenters. The Kier molecular flexibility index (Phi) is 6.10. The number of aromatic nitrogens is 1. The number of benzene rings is 1. The highest BCUT2D eigenvalue weighted by atomic mass is 16.3. The molecule has 0 aliphatic carbocycles. The fourth-order valence-corrected chi connectivity index (χ4v) is 2.55. The molecule has 1 heterocycles. The van der Waals surface area contributed by atoms with Crippen molar-refractivity contribution in [2.75, 3.05) is 0 Å². The molecule has 0 fully saturated rings. The third-order valence-corrected chi connectivity index (χ3v) is 3.88. The van der Waals surface area contributed by atoms with Crippen molar-refractivity contribution >= 4 is 5.91 Å². The molecule has 128 valence electrons. The van der Waals surface area contributed by atoms with E-state index in [-0.39, 0.29) is 11.9 Å². The van der Waals surface area contributed by atoms with Crippen molar-refractivity contribution in [2.24, 2.45) is 0 Å². The number of carbonyl (C=O) groups excluding carboxylic acids is 1. The fourth-order valence-electron chi connectivity index (χ4n) is 2.55. The van der Waals surface area contributed by atoms with Crippen molar-refractivity contribution in [3.8, 4) is 0 Å². The molecule has 2 rings (SSSR count). The van der Waals surface area contributed by atoms with E-state index in [1.54, 1.807) is 26.2 Å². The van der Waals surface area contributed by atoms with Crippen LogP contribution in [0, 0.1) is 0 Å². The first-order valence-corrected chi connectivity index (χ1v) is 8.34. The summed E-state index contributed by atoms with van der Waals surface area (Å²) in [5, 5.41) is 12.9. The van der Waals surface area contributed by atoms with Gasteiger partial charge < -0.3 is 10.4 Å². The molecule has 2 aromatic rings. The van der Waals surface area contributed by atoms with Crippen LogP contribution in [0.5, 0.6) is 0 Å². The Morgan fingerprint density at radius 2 is 1.92 bits per heavy atom. The standard InChI is InChI=1S/C20H26N2O2/c1-15(13-17-8-11-21-12-9-17)22-19(23)18-6-4-5-16(14-18)7-10-20(2,3)24/h4-6,8-9,11-12,14-15,24H,7,10,13H2,1-3H3,(H,22,23)/t15-/m1/s1. The van der Waals surface area contributed by atoms with E-state index in [0.717, 1.165) is 24.0 Å². The number of hydrogen-bond acceptors (Lipinski definition) is 3. The largest absolute Gasteiger partial charge is 0.390 e. The second kappa shape index (κ2) is 8.06. The van der Waals surface area contributed by atoms with Gasteiger partial charge in [0.05, 0.1) is 5.60 Å². The molecule has 1 aromatic carbocycles. The smallest absolute Gasteiger partial charge is 0.251 e. The molecule has 1 amide bonds. The minimum Gasteiger partial charge on any atom is -0.390 e. The van der Waals surface area contributed by atoms with Gasteiger partial charge in [0, 0.05) is 24.0 Å². The Hall–Kier alpha value is -2.20. The van der Waals surface area contributed by atoms with Crippen LogP contribution < -0.4 is 5.32 Å². The van der Waals surface area contributed by atoms with Crippen LogP contribution in [0.15, 0.2) is 48.8 Å². The molecule has 1 atom stereocenters. The zero-order valence-corrected chi connectivity index (χ0v) is 14.6. The van der Waals surface area contributed by atoms with Crippen molar-refractivity contribution < 1.29 is 9.90 Å². The summed E-state index contributed by atoms with van der Waals surface area (Å²) in [6, 6.07) is 11.6. The Labute approximate surface area is 143 Å². The minimum atomic E-state index is -0.697. The van der Waals surface area contributed by atoms with Crippen LogP contribution in [-0.2, 0) is 12.8 Å². The van der Waals surface area contributed by atoms with Crippen molar-refractivity contribution in [1.29, 1.82) is 0 Å². The summed E-state index contributed by atoms with van der Waals surface area (Å²) in [5.41, 5.74) is 2.17. The molecule has 4 nitrogen and oxygen atoms in total. The number of rotatable bonds is 7. The lowest BCUT2D eigenvalue weighted by atomic mass is 9.97. The third-order valence-electron chi connectivity index (χ3n) is 3.88. The van der Waals surface area contributed by atoms with E-state index in [1.807, 2.05) is 43.3 Å². The van der Waals surface area contributed by atoms with E-state index in [2.05, 4.69) is 10.3 Å². The summed E-state index contributed by atoms with van der Waals surface area (Å²) in [6.07, 6.45) is 5.70. The first-order valence-electron chi connectivity index (χ1n) is 8.34. The van der Waals surface area contributed by atoms with Gasteiger partial charge >= 0.3 is 0 Å². The van der Waals surface area contributed by atoms with Gasteiger partial charge in [0.15, 0.2) is 0 Å². The van der Waals surface area contributed by atoms with Crippen LogP contribution in [0.25, 0.3) is 0 Å². The first kappa shape index (κ1) is 18.1. The van der Waals surface area contributed by atoms with Crippen LogP contribution in [-0.4, -0.2) is 27.6 Å². The van der Waals surface area contributed by atoms with Crippen LogP contribution in [0.1, 0.15) is 48.7 Å². The van der Waals surface area contributed by atoms with E-state index >= 15 is 0 Å². The van der Waals surface area contributed by atoms with Gasteiger partial charge in [-0.3, -0.25) is 9.78 Å².